The molecule has 124 valence electrons. The molecule has 0 amide bonds. The number of methoxy groups -OCH3 is 1. The van der Waals surface area contributed by atoms with E-state index in [-0.39, 0.29) is 23.9 Å². The quantitative estimate of drug-likeness (QED) is 0.924. The molecule has 1 aliphatic heterocycles. The maximum absolute atomic E-state index is 14.3. The van der Waals surface area contributed by atoms with Crippen molar-refractivity contribution in [3.05, 3.63) is 29.6 Å². The molecule has 0 aromatic heterocycles. The monoisotopic (exact) mass is 331 g/mol. The Hall–Kier alpha value is -1.33. The fourth-order valence-electron chi connectivity index (χ4n) is 2.85. The van der Waals surface area contributed by atoms with E-state index in [2.05, 4.69) is 4.90 Å². The maximum atomic E-state index is 14.3. The molecular weight excluding hydrogens is 309 g/mol. The van der Waals surface area contributed by atoms with E-state index in [9.17, 15) is 14.3 Å². The largest absolute Gasteiger partial charge is 0.497 e. The first-order valence-corrected chi connectivity index (χ1v) is 7.05. The Bertz CT molecular complexity index is 545. The topological polar surface area (TPSA) is 49.8 Å². The van der Waals surface area contributed by atoms with Gasteiger partial charge < -0.3 is 9.84 Å². The number of hydrogen-bond donors (Lipinski definition) is 1. The predicted molar refractivity (Wildman–Crippen MR) is 85.4 cm³/mol. The third-order valence-corrected chi connectivity index (χ3v) is 4.19. The first kappa shape index (κ1) is 18.7. The predicted octanol–water partition coefficient (Wildman–Crippen LogP) is 3.15. The molecule has 1 fully saturated rings. The number of aliphatic carboxylic acids is 1. The van der Waals surface area contributed by atoms with Crippen molar-refractivity contribution in [1.82, 2.24) is 4.90 Å². The fourth-order valence-corrected chi connectivity index (χ4v) is 2.85. The molecule has 4 nitrogen and oxygen atoms in total. The van der Waals surface area contributed by atoms with Crippen LogP contribution in [0.4, 0.5) is 4.39 Å². The number of hydrogen-bond acceptors (Lipinski definition) is 3. The molecule has 2 rings (SSSR count). The molecule has 1 heterocycles. The van der Waals surface area contributed by atoms with E-state index in [0.29, 0.717) is 24.4 Å². The van der Waals surface area contributed by atoms with Crippen LogP contribution in [0.3, 0.4) is 0 Å². The third-order valence-electron chi connectivity index (χ3n) is 4.19. The Kier molecular flexibility index (Phi) is 5.82. The van der Waals surface area contributed by atoms with Crippen LogP contribution < -0.4 is 4.74 Å². The lowest BCUT2D eigenvalue weighted by Gasteiger charge is -2.31. The number of benzene rings is 1. The molecule has 1 aromatic carbocycles. The van der Waals surface area contributed by atoms with Gasteiger partial charge >= 0.3 is 5.97 Å². The molecule has 1 N–H and O–H groups in total. The molecule has 0 saturated carbocycles. The van der Waals surface area contributed by atoms with Gasteiger partial charge in [-0.2, -0.15) is 0 Å². The highest BCUT2D eigenvalue weighted by atomic mass is 35.5. The van der Waals surface area contributed by atoms with Gasteiger partial charge in [0.2, 0.25) is 0 Å². The van der Waals surface area contributed by atoms with E-state index in [1.54, 1.807) is 12.1 Å². The van der Waals surface area contributed by atoms with Crippen molar-refractivity contribution < 1.29 is 19.0 Å². The van der Waals surface area contributed by atoms with Gasteiger partial charge in [-0.15, -0.1) is 12.4 Å². The highest BCUT2D eigenvalue weighted by Gasteiger charge is 2.42. The van der Waals surface area contributed by atoms with Crippen molar-refractivity contribution in [2.75, 3.05) is 20.2 Å². The lowest BCUT2D eigenvalue weighted by molar-refractivity contribution is -0.141. The highest BCUT2D eigenvalue weighted by Crippen LogP contribution is 2.38. The number of halogens is 2. The Morgan fingerprint density at radius 3 is 2.45 bits per heavy atom. The number of likely N-dealkylation sites (tertiary alicyclic amines) is 1. The van der Waals surface area contributed by atoms with Crippen molar-refractivity contribution in [3.8, 4) is 5.75 Å². The van der Waals surface area contributed by atoms with Gasteiger partial charge in [-0.25, -0.2) is 4.39 Å². The summed E-state index contributed by atoms with van der Waals surface area (Å²) in [5.41, 5.74) is 0.320. The van der Waals surface area contributed by atoms with Crippen molar-refractivity contribution >= 4 is 18.4 Å². The van der Waals surface area contributed by atoms with E-state index >= 15 is 0 Å². The van der Waals surface area contributed by atoms with Gasteiger partial charge in [0, 0.05) is 30.6 Å². The lowest BCUT2D eigenvalue weighted by Crippen LogP contribution is -2.40. The van der Waals surface area contributed by atoms with Crippen LogP contribution in [0.5, 0.6) is 5.75 Å². The SMILES string of the molecule is COc1ccc(C2CN(C(C)(C)C)CC2C(=O)O)c(F)c1.Cl. The zero-order valence-electron chi connectivity index (χ0n) is 13.3. The van der Waals surface area contributed by atoms with Gasteiger partial charge in [0.05, 0.1) is 13.0 Å². The van der Waals surface area contributed by atoms with Crippen LogP contribution in [0.15, 0.2) is 18.2 Å². The van der Waals surface area contributed by atoms with E-state index in [1.807, 2.05) is 20.8 Å². The Morgan fingerprint density at radius 2 is 2.00 bits per heavy atom. The van der Waals surface area contributed by atoms with Gasteiger partial charge in [0.1, 0.15) is 11.6 Å². The smallest absolute Gasteiger partial charge is 0.308 e. The van der Waals surface area contributed by atoms with E-state index in [4.69, 9.17) is 4.74 Å². The van der Waals surface area contributed by atoms with Crippen LogP contribution >= 0.6 is 12.4 Å². The van der Waals surface area contributed by atoms with Gasteiger partial charge in [-0.05, 0) is 32.4 Å². The Labute approximate surface area is 136 Å². The second-order valence-electron chi connectivity index (χ2n) is 6.51. The summed E-state index contributed by atoms with van der Waals surface area (Å²) in [4.78, 5) is 13.6. The first-order valence-electron chi connectivity index (χ1n) is 7.05. The molecule has 2 unspecified atom stereocenters. The standard InChI is InChI=1S/C16H22FNO3.ClH/c1-16(2,3)18-8-12(13(9-18)15(19)20)11-6-5-10(21-4)7-14(11)17;/h5-7,12-13H,8-9H2,1-4H3,(H,19,20);1H. The maximum Gasteiger partial charge on any atom is 0.308 e. The number of ether oxygens (including phenoxy) is 1. The first-order chi connectivity index (χ1) is 9.74. The minimum absolute atomic E-state index is 0. The van der Waals surface area contributed by atoms with Crippen molar-refractivity contribution in [1.29, 1.82) is 0 Å². The highest BCUT2D eigenvalue weighted by molar-refractivity contribution is 5.85. The number of carboxylic acid groups (broad SMARTS) is 1. The summed E-state index contributed by atoms with van der Waals surface area (Å²) in [6, 6.07) is 4.63. The summed E-state index contributed by atoms with van der Waals surface area (Å²) in [7, 11) is 1.48. The fraction of sp³-hybridized carbons (Fsp3) is 0.562. The molecule has 1 aliphatic rings. The summed E-state index contributed by atoms with van der Waals surface area (Å²) in [5, 5.41) is 9.45. The van der Waals surface area contributed by atoms with Crippen LogP contribution in [-0.2, 0) is 4.79 Å². The number of rotatable bonds is 3. The van der Waals surface area contributed by atoms with Crippen LogP contribution in [-0.4, -0.2) is 41.7 Å². The molecule has 6 heteroatoms. The summed E-state index contributed by atoms with van der Waals surface area (Å²) < 4.78 is 19.3. The summed E-state index contributed by atoms with van der Waals surface area (Å²) in [6.07, 6.45) is 0. The molecule has 2 atom stereocenters. The van der Waals surface area contributed by atoms with Crippen molar-refractivity contribution in [2.45, 2.75) is 32.2 Å². The molecule has 0 bridgehead atoms. The van der Waals surface area contributed by atoms with Crippen molar-refractivity contribution in [2.24, 2.45) is 5.92 Å². The average molecular weight is 332 g/mol. The molecule has 22 heavy (non-hydrogen) atoms. The number of carbonyl (C=O) groups is 1. The Morgan fingerprint density at radius 1 is 1.36 bits per heavy atom. The average Bonchev–Trinajstić information content (AvgIpc) is 2.83. The summed E-state index contributed by atoms with van der Waals surface area (Å²) in [6.45, 7) is 7.11. The molecule has 0 aliphatic carbocycles. The van der Waals surface area contributed by atoms with E-state index < -0.39 is 17.7 Å². The van der Waals surface area contributed by atoms with Crippen LogP contribution in [0, 0.1) is 11.7 Å². The summed E-state index contributed by atoms with van der Waals surface area (Å²) >= 11 is 0. The van der Waals surface area contributed by atoms with Gasteiger partial charge in [-0.3, -0.25) is 9.69 Å². The number of nitrogens with zero attached hydrogens (tertiary/aromatic N) is 1. The molecule has 1 saturated heterocycles. The lowest BCUT2D eigenvalue weighted by atomic mass is 9.88. The van der Waals surface area contributed by atoms with Crippen LogP contribution in [0.2, 0.25) is 0 Å². The zero-order valence-corrected chi connectivity index (χ0v) is 14.1. The molecular formula is C16H23ClFNO3. The normalized spacial score (nSPS) is 22.2. The van der Waals surface area contributed by atoms with Crippen molar-refractivity contribution in [3.63, 3.8) is 0 Å². The zero-order chi connectivity index (χ0) is 15.8. The molecule has 0 radical (unpaired) electrons. The third kappa shape index (κ3) is 3.70. The second-order valence-corrected chi connectivity index (χ2v) is 6.51. The molecule has 1 aromatic rings. The molecule has 0 spiro atoms. The van der Waals surface area contributed by atoms with Crippen LogP contribution in [0.1, 0.15) is 32.3 Å². The second kappa shape index (κ2) is 6.84. The van der Waals surface area contributed by atoms with Crippen LogP contribution in [0.25, 0.3) is 0 Å². The van der Waals surface area contributed by atoms with Gasteiger partial charge in [0.25, 0.3) is 0 Å². The van der Waals surface area contributed by atoms with E-state index in [0.717, 1.165) is 0 Å². The van der Waals surface area contributed by atoms with E-state index in [1.165, 1.54) is 13.2 Å². The minimum atomic E-state index is -0.873. The summed E-state index contributed by atoms with van der Waals surface area (Å²) in [5.74, 6) is -1.77. The van der Waals surface area contributed by atoms with Gasteiger partial charge in [0.15, 0.2) is 0 Å². The number of carboxylic acids is 1. The minimum Gasteiger partial charge on any atom is -0.497 e. The Balaban J connectivity index is 0.00000242. The van der Waals surface area contributed by atoms with Gasteiger partial charge in [-0.1, -0.05) is 6.07 Å².